The lowest BCUT2D eigenvalue weighted by Crippen LogP contribution is -2.21. The Kier molecular flexibility index (Phi) is 12.4. The van der Waals surface area contributed by atoms with Crippen LogP contribution < -0.4 is 10.2 Å². The van der Waals surface area contributed by atoms with E-state index in [0.29, 0.717) is 0 Å². The highest BCUT2D eigenvalue weighted by molar-refractivity contribution is 5.85. The average molecular weight is 308 g/mol. The number of hydrogen-bond donors (Lipinski definition) is 1. The second-order valence-electron chi connectivity index (χ2n) is 4.89. The van der Waals surface area contributed by atoms with Gasteiger partial charge in [-0.25, -0.2) is 0 Å². The maximum absolute atomic E-state index is 3.47. The van der Waals surface area contributed by atoms with E-state index in [-0.39, 0.29) is 24.8 Å². The molecule has 0 bridgehead atoms. The SMILES string of the molecule is CN(C)CCCNCc1ccc(N(C)C)cc1.Cl.Cl. The molecule has 0 fully saturated rings. The van der Waals surface area contributed by atoms with Crippen molar-refractivity contribution in [3.63, 3.8) is 0 Å². The van der Waals surface area contributed by atoms with E-state index in [0.717, 1.165) is 19.6 Å². The lowest BCUT2D eigenvalue weighted by Gasteiger charge is -2.13. The first kappa shape index (κ1) is 20.8. The van der Waals surface area contributed by atoms with Crippen molar-refractivity contribution in [1.29, 1.82) is 0 Å². The number of benzene rings is 1. The number of nitrogens with zero attached hydrogens (tertiary/aromatic N) is 2. The third kappa shape index (κ3) is 9.11. The predicted molar refractivity (Wildman–Crippen MR) is 90.1 cm³/mol. The van der Waals surface area contributed by atoms with Crippen LogP contribution in [0, 0.1) is 0 Å². The molecule has 0 heterocycles. The van der Waals surface area contributed by atoms with Gasteiger partial charge in [0, 0.05) is 26.3 Å². The molecule has 5 heteroatoms. The van der Waals surface area contributed by atoms with E-state index in [1.54, 1.807) is 0 Å². The zero-order valence-electron chi connectivity index (χ0n) is 12.3. The largest absolute Gasteiger partial charge is 0.378 e. The van der Waals surface area contributed by atoms with Crippen LogP contribution in [0.3, 0.4) is 0 Å². The number of halogens is 2. The Morgan fingerprint density at radius 1 is 0.947 bits per heavy atom. The van der Waals surface area contributed by atoms with E-state index in [2.05, 4.69) is 67.6 Å². The molecule has 0 amide bonds. The fourth-order valence-corrected chi connectivity index (χ4v) is 1.66. The van der Waals surface area contributed by atoms with E-state index >= 15 is 0 Å². The molecule has 0 unspecified atom stereocenters. The average Bonchev–Trinajstić information content (AvgIpc) is 2.29. The first-order chi connectivity index (χ1) is 8.09. The summed E-state index contributed by atoms with van der Waals surface area (Å²) in [6, 6.07) is 8.70. The normalized spacial score (nSPS) is 9.74. The van der Waals surface area contributed by atoms with Gasteiger partial charge >= 0.3 is 0 Å². The molecule has 0 spiro atoms. The number of rotatable bonds is 7. The minimum Gasteiger partial charge on any atom is -0.378 e. The van der Waals surface area contributed by atoms with Crippen LogP contribution in [0.5, 0.6) is 0 Å². The highest BCUT2D eigenvalue weighted by atomic mass is 35.5. The van der Waals surface area contributed by atoms with Crippen LogP contribution in [-0.2, 0) is 6.54 Å². The Morgan fingerprint density at radius 2 is 1.53 bits per heavy atom. The van der Waals surface area contributed by atoms with Crippen molar-refractivity contribution in [2.45, 2.75) is 13.0 Å². The van der Waals surface area contributed by atoms with Crippen molar-refractivity contribution in [2.24, 2.45) is 0 Å². The highest BCUT2D eigenvalue weighted by Gasteiger charge is 1.96. The molecular weight excluding hydrogens is 281 g/mol. The summed E-state index contributed by atoms with van der Waals surface area (Å²) >= 11 is 0. The molecule has 19 heavy (non-hydrogen) atoms. The summed E-state index contributed by atoms with van der Waals surface area (Å²) in [6.07, 6.45) is 1.20. The second kappa shape index (κ2) is 11.4. The van der Waals surface area contributed by atoms with Gasteiger partial charge in [-0.2, -0.15) is 0 Å². The fraction of sp³-hybridized carbons (Fsp3) is 0.571. The van der Waals surface area contributed by atoms with Crippen LogP contribution in [0.1, 0.15) is 12.0 Å². The van der Waals surface area contributed by atoms with Crippen LogP contribution in [0.25, 0.3) is 0 Å². The Bertz CT molecular complexity index is 313. The van der Waals surface area contributed by atoms with E-state index in [9.17, 15) is 0 Å². The van der Waals surface area contributed by atoms with E-state index < -0.39 is 0 Å². The Hall–Kier alpha value is -0.480. The molecular formula is C14H27Cl2N3. The van der Waals surface area contributed by atoms with Gasteiger partial charge in [0.1, 0.15) is 0 Å². The predicted octanol–water partition coefficient (Wildman–Crippen LogP) is 2.64. The Labute approximate surface area is 130 Å². The third-order valence-corrected chi connectivity index (χ3v) is 2.74. The van der Waals surface area contributed by atoms with E-state index in [4.69, 9.17) is 0 Å². The summed E-state index contributed by atoms with van der Waals surface area (Å²) in [5.41, 5.74) is 2.60. The molecule has 3 nitrogen and oxygen atoms in total. The van der Waals surface area contributed by atoms with Gasteiger partial charge in [0.05, 0.1) is 0 Å². The van der Waals surface area contributed by atoms with E-state index in [1.807, 2.05) is 0 Å². The summed E-state index contributed by atoms with van der Waals surface area (Å²) < 4.78 is 0. The first-order valence-electron chi connectivity index (χ1n) is 6.21. The number of anilines is 1. The van der Waals surface area contributed by atoms with Gasteiger partial charge < -0.3 is 15.1 Å². The van der Waals surface area contributed by atoms with Gasteiger partial charge in [-0.1, -0.05) is 12.1 Å². The van der Waals surface area contributed by atoms with Crippen molar-refractivity contribution >= 4 is 30.5 Å². The summed E-state index contributed by atoms with van der Waals surface area (Å²) in [5.74, 6) is 0. The maximum atomic E-state index is 3.47. The molecule has 1 rings (SSSR count). The fourth-order valence-electron chi connectivity index (χ4n) is 1.66. The quantitative estimate of drug-likeness (QED) is 0.781. The highest BCUT2D eigenvalue weighted by Crippen LogP contribution is 2.11. The molecule has 1 N–H and O–H groups in total. The topological polar surface area (TPSA) is 18.5 Å². The lowest BCUT2D eigenvalue weighted by atomic mass is 10.2. The summed E-state index contributed by atoms with van der Waals surface area (Å²) in [7, 11) is 8.35. The molecule has 0 aliphatic carbocycles. The summed E-state index contributed by atoms with van der Waals surface area (Å²) in [5, 5.41) is 3.47. The minimum atomic E-state index is 0. The van der Waals surface area contributed by atoms with Crippen LogP contribution in [0.15, 0.2) is 24.3 Å². The molecule has 0 saturated carbocycles. The van der Waals surface area contributed by atoms with Crippen molar-refractivity contribution in [3.05, 3.63) is 29.8 Å². The van der Waals surface area contributed by atoms with Crippen molar-refractivity contribution in [2.75, 3.05) is 46.2 Å². The standard InChI is InChI=1S/C14H25N3.2ClH/c1-16(2)11-5-10-15-12-13-6-8-14(9-7-13)17(3)4;;/h6-9,15H,5,10-12H2,1-4H3;2*1H. The van der Waals surface area contributed by atoms with Crippen LogP contribution >= 0.6 is 24.8 Å². The van der Waals surface area contributed by atoms with Crippen LogP contribution in [0.4, 0.5) is 5.69 Å². The molecule has 1 aromatic rings. The number of hydrogen-bond acceptors (Lipinski definition) is 3. The second-order valence-corrected chi connectivity index (χ2v) is 4.89. The monoisotopic (exact) mass is 307 g/mol. The van der Waals surface area contributed by atoms with E-state index in [1.165, 1.54) is 17.7 Å². The van der Waals surface area contributed by atoms with Gasteiger partial charge in [0.25, 0.3) is 0 Å². The molecule has 112 valence electrons. The van der Waals surface area contributed by atoms with Gasteiger partial charge in [0.2, 0.25) is 0 Å². The Morgan fingerprint density at radius 3 is 2.00 bits per heavy atom. The molecule has 0 saturated heterocycles. The van der Waals surface area contributed by atoms with Crippen molar-refractivity contribution in [3.8, 4) is 0 Å². The molecule has 0 aliphatic heterocycles. The first-order valence-corrected chi connectivity index (χ1v) is 6.21. The van der Waals surface area contributed by atoms with Crippen LogP contribution in [0.2, 0.25) is 0 Å². The number of nitrogens with one attached hydrogen (secondary N) is 1. The Balaban J connectivity index is 0. The molecule has 1 aromatic carbocycles. The third-order valence-electron chi connectivity index (χ3n) is 2.74. The van der Waals surface area contributed by atoms with Gasteiger partial charge in [0.15, 0.2) is 0 Å². The zero-order chi connectivity index (χ0) is 12.7. The lowest BCUT2D eigenvalue weighted by molar-refractivity contribution is 0.394. The molecule has 0 atom stereocenters. The summed E-state index contributed by atoms with van der Waals surface area (Å²) in [4.78, 5) is 4.34. The van der Waals surface area contributed by atoms with Crippen LogP contribution in [-0.4, -0.2) is 46.2 Å². The van der Waals surface area contributed by atoms with Gasteiger partial charge in [-0.05, 0) is 51.3 Å². The molecule has 0 aliphatic rings. The van der Waals surface area contributed by atoms with Crippen molar-refractivity contribution in [1.82, 2.24) is 10.2 Å². The molecule has 0 radical (unpaired) electrons. The van der Waals surface area contributed by atoms with Crippen molar-refractivity contribution < 1.29 is 0 Å². The molecule has 0 aromatic heterocycles. The van der Waals surface area contributed by atoms with Gasteiger partial charge in [-0.3, -0.25) is 0 Å². The smallest absolute Gasteiger partial charge is 0.0361 e. The zero-order valence-corrected chi connectivity index (χ0v) is 14.0. The van der Waals surface area contributed by atoms with Gasteiger partial charge in [-0.15, -0.1) is 24.8 Å². The summed E-state index contributed by atoms with van der Waals surface area (Å²) in [6.45, 7) is 3.18. The minimum absolute atomic E-state index is 0. The maximum Gasteiger partial charge on any atom is 0.0361 e.